The Bertz CT molecular complexity index is 834. The third-order valence-electron chi connectivity index (χ3n) is 3.94. The summed E-state index contributed by atoms with van der Waals surface area (Å²) in [5, 5.41) is 3.32. The maximum Gasteiger partial charge on any atom is 0.241 e. The number of benzene rings is 2. The molecule has 132 valence electrons. The van der Waals surface area contributed by atoms with Crippen LogP contribution in [0.5, 0.6) is 0 Å². The molecule has 5 nitrogen and oxygen atoms in total. The SMILES string of the molecule is O=C(NC1CC1)C(Cc1ccccc1)NS(=O)(=O)c1ccc(Cl)cc1. The van der Waals surface area contributed by atoms with Crippen LogP contribution in [0.3, 0.4) is 0 Å². The summed E-state index contributed by atoms with van der Waals surface area (Å²) in [6.07, 6.45) is 2.16. The molecule has 2 aromatic carbocycles. The van der Waals surface area contributed by atoms with Gasteiger partial charge in [0.1, 0.15) is 6.04 Å². The maximum atomic E-state index is 12.6. The third-order valence-corrected chi connectivity index (χ3v) is 5.68. The predicted molar refractivity (Wildman–Crippen MR) is 96.9 cm³/mol. The molecule has 7 heteroatoms. The van der Waals surface area contributed by atoms with Gasteiger partial charge in [-0.2, -0.15) is 4.72 Å². The van der Waals surface area contributed by atoms with Crippen LogP contribution in [-0.4, -0.2) is 26.4 Å². The van der Waals surface area contributed by atoms with Gasteiger partial charge in [-0.05, 0) is 49.1 Å². The number of sulfonamides is 1. The first-order chi connectivity index (χ1) is 11.9. The van der Waals surface area contributed by atoms with E-state index in [1.165, 1.54) is 24.3 Å². The van der Waals surface area contributed by atoms with Gasteiger partial charge >= 0.3 is 0 Å². The van der Waals surface area contributed by atoms with Gasteiger partial charge in [-0.1, -0.05) is 41.9 Å². The van der Waals surface area contributed by atoms with Crippen molar-refractivity contribution in [3.8, 4) is 0 Å². The van der Waals surface area contributed by atoms with Crippen molar-refractivity contribution in [3.63, 3.8) is 0 Å². The second kappa shape index (κ2) is 7.56. The van der Waals surface area contributed by atoms with Crippen molar-refractivity contribution >= 4 is 27.5 Å². The van der Waals surface area contributed by atoms with Crippen LogP contribution in [0.4, 0.5) is 0 Å². The van der Waals surface area contributed by atoms with E-state index in [0.29, 0.717) is 5.02 Å². The molecule has 25 heavy (non-hydrogen) atoms. The van der Waals surface area contributed by atoms with Gasteiger partial charge in [0.05, 0.1) is 4.90 Å². The Labute approximate surface area is 152 Å². The zero-order chi connectivity index (χ0) is 17.9. The molecule has 1 saturated carbocycles. The van der Waals surface area contributed by atoms with Crippen LogP contribution in [0, 0.1) is 0 Å². The van der Waals surface area contributed by atoms with Crippen LogP contribution < -0.4 is 10.0 Å². The highest BCUT2D eigenvalue weighted by Gasteiger charge is 2.30. The van der Waals surface area contributed by atoms with Gasteiger partial charge in [0, 0.05) is 11.1 Å². The van der Waals surface area contributed by atoms with Crippen LogP contribution in [0.15, 0.2) is 59.5 Å². The average molecular weight is 379 g/mol. The van der Waals surface area contributed by atoms with Gasteiger partial charge in [0.2, 0.25) is 15.9 Å². The van der Waals surface area contributed by atoms with E-state index in [0.717, 1.165) is 18.4 Å². The lowest BCUT2D eigenvalue weighted by Crippen LogP contribution is -2.48. The predicted octanol–water partition coefficient (Wildman–Crippen LogP) is 2.51. The van der Waals surface area contributed by atoms with Crippen molar-refractivity contribution in [1.29, 1.82) is 0 Å². The van der Waals surface area contributed by atoms with Gasteiger partial charge < -0.3 is 5.32 Å². The Kier molecular flexibility index (Phi) is 5.42. The van der Waals surface area contributed by atoms with E-state index >= 15 is 0 Å². The molecule has 2 aromatic rings. The minimum absolute atomic E-state index is 0.0779. The van der Waals surface area contributed by atoms with Crippen molar-refractivity contribution in [1.82, 2.24) is 10.0 Å². The standard InChI is InChI=1S/C18H19ClN2O3S/c19-14-6-10-16(11-7-14)25(23,24)21-17(18(22)20-15-8-9-15)12-13-4-2-1-3-5-13/h1-7,10-11,15,17,21H,8-9,12H2,(H,20,22). The molecule has 1 aliphatic carbocycles. The molecule has 0 radical (unpaired) electrons. The summed E-state index contributed by atoms with van der Waals surface area (Å²) in [6.45, 7) is 0. The molecule has 1 aliphatic rings. The molecule has 0 aliphatic heterocycles. The van der Waals surface area contributed by atoms with Crippen molar-refractivity contribution in [3.05, 3.63) is 65.2 Å². The van der Waals surface area contributed by atoms with Gasteiger partial charge in [-0.3, -0.25) is 4.79 Å². The monoisotopic (exact) mass is 378 g/mol. The van der Waals surface area contributed by atoms with E-state index in [2.05, 4.69) is 10.0 Å². The number of hydrogen-bond acceptors (Lipinski definition) is 3. The summed E-state index contributed by atoms with van der Waals surface area (Å²) in [6, 6.07) is 14.5. The summed E-state index contributed by atoms with van der Waals surface area (Å²) < 4.78 is 27.8. The van der Waals surface area contributed by atoms with Crippen LogP contribution in [0.1, 0.15) is 18.4 Å². The quantitative estimate of drug-likeness (QED) is 0.777. The lowest BCUT2D eigenvalue weighted by molar-refractivity contribution is -0.122. The number of hydrogen-bond donors (Lipinski definition) is 2. The fraction of sp³-hybridized carbons (Fsp3) is 0.278. The molecule has 0 spiro atoms. The number of carbonyl (C=O) groups excluding carboxylic acids is 1. The molecular weight excluding hydrogens is 360 g/mol. The highest BCUT2D eigenvalue weighted by atomic mass is 35.5. The number of nitrogens with one attached hydrogen (secondary N) is 2. The molecule has 3 rings (SSSR count). The van der Waals surface area contributed by atoms with Gasteiger partial charge in [0.25, 0.3) is 0 Å². The van der Waals surface area contributed by atoms with Crippen LogP contribution >= 0.6 is 11.6 Å². The fourth-order valence-corrected chi connectivity index (χ4v) is 3.76. The number of amides is 1. The first-order valence-electron chi connectivity index (χ1n) is 8.06. The van der Waals surface area contributed by atoms with Crippen LogP contribution in [0.2, 0.25) is 5.02 Å². The molecule has 1 atom stereocenters. The first-order valence-corrected chi connectivity index (χ1v) is 9.92. The van der Waals surface area contributed by atoms with E-state index in [9.17, 15) is 13.2 Å². The fourth-order valence-electron chi connectivity index (χ4n) is 2.44. The first kappa shape index (κ1) is 17.9. The van der Waals surface area contributed by atoms with E-state index in [4.69, 9.17) is 11.6 Å². The molecule has 0 saturated heterocycles. The molecule has 2 N–H and O–H groups in total. The smallest absolute Gasteiger partial charge is 0.241 e. The normalized spacial score (nSPS) is 15.6. The summed E-state index contributed by atoms with van der Waals surface area (Å²) >= 11 is 5.81. The summed E-state index contributed by atoms with van der Waals surface area (Å²) in [4.78, 5) is 12.6. The summed E-state index contributed by atoms with van der Waals surface area (Å²) in [5.41, 5.74) is 0.886. The summed E-state index contributed by atoms with van der Waals surface area (Å²) in [7, 11) is -3.83. The Morgan fingerprint density at radius 2 is 1.72 bits per heavy atom. The van der Waals surface area contributed by atoms with E-state index < -0.39 is 16.1 Å². The summed E-state index contributed by atoms with van der Waals surface area (Å²) in [5.74, 6) is -0.302. The van der Waals surface area contributed by atoms with Crippen molar-refractivity contribution in [2.75, 3.05) is 0 Å². The lowest BCUT2D eigenvalue weighted by Gasteiger charge is -2.18. The number of halogens is 1. The van der Waals surface area contributed by atoms with Crippen LogP contribution in [0.25, 0.3) is 0 Å². The molecular formula is C18H19ClN2O3S. The molecule has 0 bridgehead atoms. The molecule has 1 amide bonds. The minimum Gasteiger partial charge on any atom is -0.352 e. The Morgan fingerprint density at radius 1 is 1.08 bits per heavy atom. The van der Waals surface area contributed by atoms with Crippen molar-refractivity contribution in [2.45, 2.75) is 36.2 Å². The van der Waals surface area contributed by atoms with E-state index in [1.54, 1.807) is 0 Å². The lowest BCUT2D eigenvalue weighted by atomic mass is 10.1. The molecule has 1 unspecified atom stereocenters. The Morgan fingerprint density at radius 3 is 2.32 bits per heavy atom. The minimum atomic E-state index is -3.83. The topological polar surface area (TPSA) is 75.3 Å². The highest BCUT2D eigenvalue weighted by molar-refractivity contribution is 7.89. The Hall–Kier alpha value is -1.89. The van der Waals surface area contributed by atoms with Gasteiger partial charge in [-0.15, -0.1) is 0 Å². The van der Waals surface area contributed by atoms with Crippen molar-refractivity contribution < 1.29 is 13.2 Å². The van der Waals surface area contributed by atoms with Gasteiger partial charge in [0.15, 0.2) is 0 Å². The molecule has 0 aromatic heterocycles. The maximum absolute atomic E-state index is 12.6. The zero-order valence-corrected chi connectivity index (χ0v) is 15.1. The zero-order valence-electron chi connectivity index (χ0n) is 13.5. The Balaban J connectivity index is 1.80. The van der Waals surface area contributed by atoms with E-state index in [-0.39, 0.29) is 23.3 Å². The van der Waals surface area contributed by atoms with Crippen LogP contribution in [-0.2, 0) is 21.2 Å². The number of rotatable bonds is 7. The second-order valence-corrected chi connectivity index (χ2v) is 8.25. The molecule has 1 fully saturated rings. The van der Waals surface area contributed by atoms with E-state index in [1.807, 2.05) is 30.3 Å². The van der Waals surface area contributed by atoms with Crippen molar-refractivity contribution in [2.24, 2.45) is 0 Å². The number of carbonyl (C=O) groups is 1. The van der Waals surface area contributed by atoms with Gasteiger partial charge in [-0.25, -0.2) is 8.42 Å². The highest BCUT2D eigenvalue weighted by Crippen LogP contribution is 2.20. The average Bonchev–Trinajstić information content (AvgIpc) is 3.39. The molecule has 0 heterocycles. The second-order valence-electron chi connectivity index (χ2n) is 6.10. The third kappa shape index (κ3) is 5.04. The largest absolute Gasteiger partial charge is 0.352 e.